The van der Waals surface area contributed by atoms with Crippen molar-refractivity contribution in [3.63, 3.8) is 0 Å². The Labute approximate surface area is 99.0 Å². The molecule has 1 rings (SSSR count). The number of hydrogen-bond donors (Lipinski definition) is 0. The molecule has 0 heterocycles. The SMILES string of the molecule is CC(C)(C#N)CCOc1ccccc1Br. The van der Waals surface area contributed by atoms with Crippen LogP contribution < -0.4 is 4.74 Å². The lowest BCUT2D eigenvalue weighted by Gasteiger charge is -2.15. The number of rotatable bonds is 4. The molecule has 0 radical (unpaired) electrons. The van der Waals surface area contributed by atoms with Crippen molar-refractivity contribution in [3.05, 3.63) is 28.7 Å². The van der Waals surface area contributed by atoms with Gasteiger partial charge in [0, 0.05) is 0 Å². The predicted octanol–water partition coefficient (Wildman–Crippen LogP) is 3.77. The summed E-state index contributed by atoms with van der Waals surface area (Å²) in [6.07, 6.45) is 0.727. The van der Waals surface area contributed by atoms with Crippen LogP contribution in [-0.4, -0.2) is 6.61 Å². The van der Waals surface area contributed by atoms with Crippen molar-refractivity contribution in [2.24, 2.45) is 5.41 Å². The molecule has 0 unspecified atom stereocenters. The number of halogens is 1. The molecular weight excluding hydrogens is 254 g/mol. The van der Waals surface area contributed by atoms with E-state index in [1.165, 1.54) is 0 Å². The van der Waals surface area contributed by atoms with Gasteiger partial charge in [0.05, 0.1) is 22.6 Å². The third-order valence-corrected chi connectivity index (χ3v) is 2.78. The van der Waals surface area contributed by atoms with Gasteiger partial charge >= 0.3 is 0 Å². The summed E-state index contributed by atoms with van der Waals surface area (Å²) >= 11 is 3.40. The number of hydrogen-bond acceptors (Lipinski definition) is 2. The minimum atomic E-state index is -0.318. The average Bonchev–Trinajstić information content (AvgIpc) is 2.21. The van der Waals surface area contributed by atoms with Gasteiger partial charge in [0.25, 0.3) is 0 Å². The molecule has 0 aliphatic heterocycles. The Hall–Kier alpha value is -1.01. The van der Waals surface area contributed by atoms with Crippen molar-refractivity contribution < 1.29 is 4.74 Å². The molecule has 0 bridgehead atoms. The number of ether oxygens (including phenoxy) is 1. The third kappa shape index (κ3) is 3.93. The highest BCUT2D eigenvalue weighted by Crippen LogP contribution is 2.25. The number of para-hydroxylation sites is 1. The largest absolute Gasteiger partial charge is 0.492 e. The summed E-state index contributed by atoms with van der Waals surface area (Å²) in [7, 11) is 0. The van der Waals surface area contributed by atoms with Crippen molar-refractivity contribution in [1.82, 2.24) is 0 Å². The topological polar surface area (TPSA) is 33.0 Å². The Bertz CT molecular complexity index is 368. The molecule has 0 aromatic heterocycles. The normalized spacial score (nSPS) is 10.8. The Balaban J connectivity index is 2.46. The molecule has 15 heavy (non-hydrogen) atoms. The molecule has 0 fully saturated rings. The molecule has 0 aliphatic carbocycles. The Morgan fingerprint density at radius 2 is 2.07 bits per heavy atom. The zero-order valence-corrected chi connectivity index (χ0v) is 10.5. The van der Waals surface area contributed by atoms with Gasteiger partial charge in [-0.25, -0.2) is 0 Å². The van der Waals surface area contributed by atoms with E-state index in [-0.39, 0.29) is 5.41 Å². The zero-order valence-electron chi connectivity index (χ0n) is 8.96. The van der Waals surface area contributed by atoms with E-state index < -0.39 is 0 Å². The standard InChI is InChI=1S/C12H14BrNO/c1-12(2,9-14)7-8-15-11-6-4-3-5-10(11)13/h3-6H,7-8H2,1-2H3. The van der Waals surface area contributed by atoms with E-state index in [1.54, 1.807) is 0 Å². The van der Waals surface area contributed by atoms with E-state index >= 15 is 0 Å². The molecule has 3 heteroatoms. The second kappa shape index (κ2) is 5.18. The van der Waals surface area contributed by atoms with Crippen LogP contribution in [0.1, 0.15) is 20.3 Å². The molecule has 80 valence electrons. The highest BCUT2D eigenvalue weighted by Gasteiger charge is 2.16. The van der Waals surface area contributed by atoms with E-state index in [9.17, 15) is 0 Å². The summed E-state index contributed by atoms with van der Waals surface area (Å²) in [5.74, 6) is 0.825. The van der Waals surface area contributed by atoms with Crippen LogP contribution in [0.5, 0.6) is 5.75 Å². The number of nitriles is 1. The predicted molar refractivity (Wildman–Crippen MR) is 63.6 cm³/mol. The van der Waals surface area contributed by atoms with Gasteiger partial charge in [0.1, 0.15) is 5.75 Å². The first-order valence-electron chi connectivity index (χ1n) is 4.84. The Morgan fingerprint density at radius 3 is 2.67 bits per heavy atom. The van der Waals surface area contributed by atoms with Gasteiger partial charge in [-0.05, 0) is 48.3 Å². The summed E-state index contributed by atoms with van der Waals surface area (Å²) in [4.78, 5) is 0. The minimum Gasteiger partial charge on any atom is -0.492 e. The third-order valence-electron chi connectivity index (χ3n) is 2.12. The quantitative estimate of drug-likeness (QED) is 0.832. The van der Waals surface area contributed by atoms with Crippen LogP contribution in [0.4, 0.5) is 0 Å². The maximum absolute atomic E-state index is 8.83. The van der Waals surface area contributed by atoms with Gasteiger partial charge in [0.15, 0.2) is 0 Å². The first-order valence-corrected chi connectivity index (χ1v) is 5.63. The van der Waals surface area contributed by atoms with Crippen molar-refractivity contribution in [3.8, 4) is 11.8 Å². The van der Waals surface area contributed by atoms with Gasteiger partial charge < -0.3 is 4.74 Å². The lowest BCUT2D eigenvalue weighted by Crippen LogP contribution is -2.13. The molecule has 0 amide bonds. The van der Waals surface area contributed by atoms with Crippen LogP contribution in [0, 0.1) is 16.7 Å². The van der Waals surface area contributed by atoms with E-state index in [0.717, 1.165) is 16.6 Å². The molecule has 0 N–H and O–H groups in total. The van der Waals surface area contributed by atoms with Gasteiger partial charge in [-0.2, -0.15) is 5.26 Å². The van der Waals surface area contributed by atoms with Crippen LogP contribution >= 0.6 is 15.9 Å². The smallest absolute Gasteiger partial charge is 0.133 e. The summed E-state index contributed by atoms with van der Waals surface area (Å²) in [6, 6.07) is 9.96. The van der Waals surface area contributed by atoms with Crippen molar-refractivity contribution in [2.45, 2.75) is 20.3 Å². The first-order chi connectivity index (χ1) is 7.05. The maximum Gasteiger partial charge on any atom is 0.133 e. The molecule has 0 aliphatic rings. The summed E-state index contributed by atoms with van der Waals surface area (Å²) in [5.41, 5.74) is -0.318. The molecular formula is C12H14BrNO. The molecule has 0 saturated carbocycles. The van der Waals surface area contributed by atoms with Gasteiger partial charge in [-0.1, -0.05) is 12.1 Å². The first kappa shape index (κ1) is 12.1. The van der Waals surface area contributed by atoms with Crippen molar-refractivity contribution in [1.29, 1.82) is 5.26 Å². The van der Waals surface area contributed by atoms with Crippen molar-refractivity contribution in [2.75, 3.05) is 6.61 Å². The summed E-state index contributed by atoms with van der Waals surface area (Å²) in [5, 5.41) is 8.83. The average molecular weight is 268 g/mol. The van der Waals surface area contributed by atoms with Crippen LogP contribution in [0.3, 0.4) is 0 Å². The van der Waals surface area contributed by atoms with Crippen LogP contribution in [0.15, 0.2) is 28.7 Å². The molecule has 0 atom stereocenters. The van der Waals surface area contributed by atoms with Crippen molar-refractivity contribution >= 4 is 15.9 Å². The van der Waals surface area contributed by atoms with Gasteiger partial charge in [-0.3, -0.25) is 0 Å². The molecule has 0 spiro atoms. The fourth-order valence-corrected chi connectivity index (χ4v) is 1.43. The van der Waals surface area contributed by atoms with E-state index in [0.29, 0.717) is 6.61 Å². The van der Waals surface area contributed by atoms with Crippen LogP contribution in [-0.2, 0) is 0 Å². The molecule has 2 nitrogen and oxygen atoms in total. The minimum absolute atomic E-state index is 0.318. The van der Waals surface area contributed by atoms with Gasteiger partial charge in [0.2, 0.25) is 0 Å². The summed E-state index contributed by atoms with van der Waals surface area (Å²) < 4.78 is 6.52. The van der Waals surface area contributed by atoms with Crippen LogP contribution in [0.25, 0.3) is 0 Å². The van der Waals surface area contributed by atoms with E-state index in [1.807, 2.05) is 38.1 Å². The number of benzene rings is 1. The lowest BCUT2D eigenvalue weighted by molar-refractivity contribution is 0.263. The Kier molecular flexibility index (Phi) is 4.16. The molecule has 0 saturated heterocycles. The van der Waals surface area contributed by atoms with Gasteiger partial charge in [-0.15, -0.1) is 0 Å². The second-order valence-corrected chi connectivity index (χ2v) is 4.88. The molecule has 1 aromatic carbocycles. The zero-order chi connectivity index (χ0) is 11.3. The highest BCUT2D eigenvalue weighted by atomic mass is 79.9. The van der Waals surface area contributed by atoms with E-state index in [4.69, 9.17) is 10.00 Å². The van der Waals surface area contributed by atoms with E-state index in [2.05, 4.69) is 22.0 Å². The fourth-order valence-electron chi connectivity index (χ4n) is 1.03. The fraction of sp³-hybridized carbons (Fsp3) is 0.417. The number of nitrogens with zero attached hydrogens (tertiary/aromatic N) is 1. The Morgan fingerprint density at radius 1 is 1.40 bits per heavy atom. The second-order valence-electron chi connectivity index (χ2n) is 4.02. The molecule has 1 aromatic rings. The maximum atomic E-state index is 8.83. The van der Waals surface area contributed by atoms with Crippen LogP contribution in [0.2, 0.25) is 0 Å². The summed E-state index contributed by atoms with van der Waals surface area (Å²) in [6.45, 7) is 4.38. The monoisotopic (exact) mass is 267 g/mol. The highest BCUT2D eigenvalue weighted by molar-refractivity contribution is 9.10. The lowest BCUT2D eigenvalue weighted by atomic mass is 9.92.